The number of anilines is 1. The first-order valence-electron chi connectivity index (χ1n) is 6.50. The van der Waals surface area contributed by atoms with Gasteiger partial charge in [0.15, 0.2) is 0 Å². The van der Waals surface area contributed by atoms with Crippen molar-refractivity contribution in [1.29, 1.82) is 0 Å². The number of amides is 1. The second-order valence-electron chi connectivity index (χ2n) is 4.44. The first-order chi connectivity index (χ1) is 9.55. The number of benzene rings is 1. The van der Waals surface area contributed by atoms with Gasteiger partial charge < -0.3 is 9.88 Å². The maximum Gasteiger partial charge on any atom is 0.272 e. The minimum atomic E-state index is -0.143. The molecule has 0 saturated heterocycles. The van der Waals surface area contributed by atoms with E-state index >= 15 is 0 Å². The Kier molecular flexibility index (Phi) is 4.89. The first-order valence-corrected chi connectivity index (χ1v) is 7.67. The SMILES string of the molecule is CCc1cc(Br)ccc1NC(=O)c1cc(Cl)cn1CC. The van der Waals surface area contributed by atoms with Crippen molar-refractivity contribution in [2.45, 2.75) is 26.8 Å². The number of carbonyl (C=O) groups excluding carboxylic acids is 1. The van der Waals surface area contributed by atoms with Gasteiger partial charge in [0, 0.05) is 22.9 Å². The molecule has 0 spiro atoms. The van der Waals surface area contributed by atoms with Gasteiger partial charge in [-0.1, -0.05) is 34.5 Å². The summed E-state index contributed by atoms with van der Waals surface area (Å²) in [4.78, 5) is 12.4. The summed E-state index contributed by atoms with van der Waals surface area (Å²) in [5.41, 5.74) is 2.50. The fourth-order valence-corrected chi connectivity index (χ4v) is 2.72. The van der Waals surface area contributed by atoms with Gasteiger partial charge in [-0.25, -0.2) is 0 Å². The highest BCUT2D eigenvalue weighted by atomic mass is 79.9. The summed E-state index contributed by atoms with van der Waals surface area (Å²) in [5.74, 6) is -0.143. The topological polar surface area (TPSA) is 34.0 Å². The largest absolute Gasteiger partial charge is 0.342 e. The predicted molar refractivity (Wildman–Crippen MR) is 86.6 cm³/mol. The lowest BCUT2D eigenvalue weighted by atomic mass is 10.1. The van der Waals surface area contributed by atoms with E-state index in [2.05, 4.69) is 28.2 Å². The molecule has 0 bridgehead atoms. The van der Waals surface area contributed by atoms with Gasteiger partial charge in [-0.15, -0.1) is 0 Å². The molecule has 1 amide bonds. The molecule has 1 heterocycles. The molecule has 0 saturated carbocycles. The highest BCUT2D eigenvalue weighted by Gasteiger charge is 2.14. The van der Waals surface area contributed by atoms with Gasteiger partial charge in [-0.3, -0.25) is 4.79 Å². The van der Waals surface area contributed by atoms with E-state index in [1.165, 1.54) is 0 Å². The van der Waals surface area contributed by atoms with Crippen molar-refractivity contribution in [1.82, 2.24) is 4.57 Å². The maximum absolute atomic E-state index is 12.4. The molecule has 1 aromatic carbocycles. The summed E-state index contributed by atoms with van der Waals surface area (Å²) in [6.07, 6.45) is 2.61. The Bertz CT molecular complexity index is 637. The zero-order valence-electron chi connectivity index (χ0n) is 11.4. The molecule has 0 unspecified atom stereocenters. The van der Waals surface area contributed by atoms with Gasteiger partial charge in [-0.05, 0) is 43.2 Å². The molecule has 0 fully saturated rings. The minimum absolute atomic E-state index is 0.143. The van der Waals surface area contributed by atoms with Crippen molar-refractivity contribution in [3.05, 3.63) is 51.2 Å². The second kappa shape index (κ2) is 6.46. The summed E-state index contributed by atoms with van der Waals surface area (Å²) < 4.78 is 2.84. The summed E-state index contributed by atoms with van der Waals surface area (Å²) >= 11 is 9.40. The number of halogens is 2. The molecule has 0 aliphatic rings. The number of rotatable bonds is 4. The van der Waals surface area contributed by atoms with Crippen LogP contribution in [0.15, 0.2) is 34.9 Å². The molecule has 1 aromatic heterocycles. The van der Waals surface area contributed by atoms with Gasteiger partial charge in [0.2, 0.25) is 0 Å². The smallest absolute Gasteiger partial charge is 0.272 e. The van der Waals surface area contributed by atoms with Crippen LogP contribution >= 0.6 is 27.5 Å². The van der Waals surface area contributed by atoms with Crippen LogP contribution in [0, 0.1) is 0 Å². The normalized spacial score (nSPS) is 10.6. The van der Waals surface area contributed by atoms with E-state index in [0.717, 1.165) is 22.1 Å². The van der Waals surface area contributed by atoms with Gasteiger partial charge >= 0.3 is 0 Å². The molecule has 0 aliphatic carbocycles. The quantitative estimate of drug-likeness (QED) is 0.844. The Morgan fingerprint density at radius 2 is 2.10 bits per heavy atom. The number of aryl methyl sites for hydroxylation is 2. The fourth-order valence-electron chi connectivity index (χ4n) is 2.09. The number of hydrogen-bond acceptors (Lipinski definition) is 1. The van der Waals surface area contributed by atoms with E-state index in [9.17, 15) is 4.79 Å². The summed E-state index contributed by atoms with van der Waals surface area (Å²) in [7, 11) is 0. The van der Waals surface area contributed by atoms with Crippen LogP contribution in [-0.4, -0.2) is 10.5 Å². The Hall–Kier alpha value is -1.26. The monoisotopic (exact) mass is 354 g/mol. The lowest BCUT2D eigenvalue weighted by Crippen LogP contribution is -2.17. The van der Waals surface area contributed by atoms with Crippen molar-refractivity contribution in [3.8, 4) is 0 Å². The van der Waals surface area contributed by atoms with Crippen LogP contribution in [0.5, 0.6) is 0 Å². The van der Waals surface area contributed by atoms with E-state index in [1.54, 1.807) is 12.3 Å². The van der Waals surface area contributed by atoms with Crippen molar-refractivity contribution in [3.63, 3.8) is 0 Å². The highest BCUT2D eigenvalue weighted by molar-refractivity contribution is 9.10. The molecule has 0 atom stereocenters. The lowest BCUT2D eigenvalue weighted by Gasteiger charge is -2.11. The molecule has 0 aliphatic heterocycles. The Balaban J connectivity index is 2.27. The van der Waals surface area contributed by atoms with Gasteiger partial charge in [0.25, 0.3) is 5.91 Å². The average Bonchev–Trinajstić information content (AvgIpc) is 2.82. The van der Waals surface area contributed by atoms with Crippen LogP contribution in [0.4, 0.5) is 5.69 Å². The molecule has 106 valence electrons. The van der Waals surface area contributed by atoms with Gasteiger partial charge in [0.1, 0.15) is 5.69 Å². The lowest BCUT2D eigenvalue weighted by molar-refractivity contribution is 0.101. The number of nitrogens with one attached hydrogen (secondary N) is 1. The van der Waals surface area contributed by atoms with Crippen LogP contribution in [0.25, 0.3) is 0 Å². The van der Waals surface area contributed by atoms with Gasteiger partial charge in [0.05, 0.1) is 5.02 Å². The molecule has 20 heavy (non-hydrogen) atoms. The number of aromatic nitrogens is 1. The van der Waals surface area contributed by atoms with Crippen molar-refractivity contribution in [2.75, 3.05) is 5.32 Å². The van der Waals surface area contributed by atoms with Crippen molar-refractivity contribution >= 4 is 39.1 Å². The third kappa shape index (κ3) is 3.25. The van der Waals surface area contributed by atoms with Gasteiger partial charge in [-0.2, -0.15) is 0 Å². The van der Waals surface area contributed by atoms with E-state index in [0.29, 0.717) is 17.3 Å². The average molecular weight is 356 g/mol. The van der Waals surface area contributed by atoms with Crippen LogP contribution < -0.4 is 5.32 Å². The summed E-state index contributed by atoms with van der Waals surface area (Å²) in [6.45, 7) is 4.74. The van der Waals surface area contributed by atoms with Crippen LogP contribution in [0.2, 0.25) is 5.02 Å². The fraction of sp³-hybridized carbons (Fsp3) is 0.267. The van der Waals surface area contributed by atoms with E-state index in [1.807, 2.05) is 29.7 Å². The van der Waals surface area contributed by atoms with Crippen molar-refractivity contribution in [2.24, 2.45) is 0 Å². The van der Waals surface area contributed by atoms with E-state index in [-0.39, 0.29) is 5.91 Å². The zero-order chi connectivity index (χ0) is 14.7. The second-order valence-corrected chi connectivity index (χ2v) is 5.79. The molecule has 2 aromatic rings. The summed E-state index contributed by atoms with van der Waals surface area (Å²) in [5, 5.41) is 3.53. The molecule has 0 radical (unpaired) electrons. The molecular formula is C15H16BrClN2O. The number of carbonyl (C=O) groups is 1. The molecule has 3 nitrogen and oxygen atoms in total. The maximum atomic E-state index is 12.4. The zero-order valence-corrected chi connectivity index (χ0v) is 13.8. The predicted octanol–water partition coefficient (Wildman–Crippen LogP) is 4.74. The van der Waals surface area contributed by atoms with E-state index in [4.69, 9.17) is 11.6 Å². The highest BCUT2D eigenvalue weighted by Crippen LogP contribution is 2.23. The Labute approximate surface area is 132 Å². The van der Waals surface area contributed by atoms with E-state index < -0.39 is 0 Å². The summed E-state index contributed by atoms with van der Waals surface area (Å²) in [6, 6.07) is 7.52. The van der Waals surface area contributed by atoms with Crippen LogP contribution in [0.1, 0.15) is 29.9 Å². The standard InChI is InChI=1S/C15H16BrClN2O/c1-3-10-7-11(16)5-6-13(10)18-15(20)14-8-12(17)9-19(14)4-2/h5-9H,3-4H2,1-2H3,(H,18,20). The Morgan fingerprint density at radius 1 is 1.35 bits per heavy atom. The Morgan fingerprint density at radius 3 is 2.75 bits per heavy atom. The minimum Gasteiger partial charge on any atom is -0.342 e. The molecular weight excluding hydrogens is 340 g/mol. The third-order valence-corrected chi connectivity index (χ3v) is 3.83. The molecule has 1 N–H and O–H groups in total. The molecule has 5 heteroatoms. The van der Waals surface area contributed by atoms with Crippen LogP contribution in [-0.2, 0) is 13.0 Å². The number of hydrogen-bond donors (Lipinski definition) is 1. The van der Waals surface area contributed by atoms with Crippen LogP contribution in [0.3, 0.4) is 0 Å². The third-order valence-electron chi connectivity index (χ3n) is 3.13. The molecule has 2 rings (SSSR count). The van der Waals surface area contributed by atoms with Crippen molar-refractivity contribution < 1.29 is 4.79 Å². The first kappa shape index (κ1) is 15.1. The number of nitrogens with zero attached hydrogens (tertiary/aromatic N) is 1.